The molecule has 27 heavy (non-hydrogen) atoms. The van der Waals surface area contributed by atoms with Crippen molar-refractivity contribution in [2.24, 2.45) is 0 Å². The molecule has 2 aromatic carbocycles. The number of hydrogen-bond donors (Lipinski definition) is 1. The van der Waals surface area contributed by atoms with Crippen LogP contribution < -0.4 is 5.32 Å². The molecule has 142 valence electrons. The predicted octanol–water partition coefficient (Wildman–Crippen LogP) is 2.54. The molecule has 3 rings (SSSR count). The van der Waals surface area contributed by atoms with Gasteiger partial charge >= 0.3 is 0 Å². The molecule has 0 aliphatic rings. The van der Waals surface area contributed by atoms with E-state index < -0.39 is 10.0 Å². The van der Waals surface area contributed by atoms with Gasteiger partial charge in [0.15, 0.2) is 0 Å². The molecule has 0 atom stereocenters. The summed E-state index contributed by atoms with van der Waals surface area (Å²) in [6, 6.07) is 10.1. The summed E-state index contributed by atoms with van der Waals surface area (Å²) in [7, 11) is -0.535. The number of nitrogens with one attached hydrogen (secondary N) is 1. The van der Waals surface area contributed by atoms with Crippen molar-refractivity contribution >= 4 is 32.7 Å². The van der Waals surface area contributed by atoms with Gasteiger partial charge in [0, 0.05) is 19.8 Å². The Morgan fingerprint density at radius 3 is 2.37 bits per heavy atom. The van der Waals surface area contributed by atoms with E-state index in [4.69, 9.17) is 0 Å². The van der Waals surface area contributed by atoms with Crippen molar-refractivity contribution < 1.29 is 13.2 Å². The molecule has 0 fully saturated rings. The first-order valence-corrected chi connectivity index (χ1v) is 9.87. The van der Waals surface area contributed by atoms with Crippen molar-refractivity contribution in [2.45, 2.75) is 25.3 Å². The third kappa shape index (κ3) is 3.86. The van der Waals surface area contributed by atoms with Crippen molar-refractivity contribution in [1.29, 1.82) is 0 Å². The van der Waals surface area contributed by atoms with Crippen LogP contribution in [-0.2, 0) is 21.4 Å². The Morgan fingerprint density at radius 2 is 1.74 bits per heavy atom. The molecule has 1 amide bonds. The van der Waals surface area contributed by atoms with Gasteiger partial charge in [-0.2, -0.15) is 0 Å². The summed E-state index contributed by atoms with van der Waals surface area (Å²) in [6.45, 7) is 4.17. The van der Waals surface area contributed by atoms with E-state index in [2.05, 4.69) is 10.3 Å². The number of benzene rings is 2. The lowest BCUT2D eigenvalue weighted by Gasteiger charge is -2.12. The van der Waals surface area contributed by atoms with E-state index in [9.17, 15) is 13.2 Å². The highest BCUT2D eigenvalue weighted by molar-refractivity contribution is 7.89. The van der Waals surface area contributed by atoms with Gasteiger partial charge in [0.25, 0.3) is 0 Å². The Bertz CT molecular complexity index is 1100. The molecule has 0 aliphatic carbocycles. The van der Waals surface area contributed by atoms with Crippen molar-refractivity contribution in [2.75, 3.05) is 19.4 Å². The SMILES string of the molecule is Cc1cc2ncn(CC(=O)Nc3ccc(S(=O)(=O)N(C)C)cc3)c2cc1C. The topological polar surface area (TPSA) is 84.3 Å². The van der Waals surface area contributed by atoms with Crippen LogP contribution >= 0.6 is 0 Å². The monoisotopic (exact) mass is 386 g/mol. The van der Waals surface area contributed by atoms with E-state index in [1.54, 1.807) is 23.0 Å². The standard InChI is InChI=1S/C19H22N4O3S/c1-13-9-17-18(10-14(13)2)23(12-20-17)11-19(24)21-15-5-7-16(8-6-15)27(25,26)22(3)4/h5-10,12H,11H2,1-4H3,(H,21,24). The number of aromatic nitrogens is 2. The fourth-order valence-electron chi connectivity index (χ4n) is 2.72. The number of hydrogen-bond acceptors (Lipinski definition) is 4. The summed E-state index contributed by atoms with van der Waals surface area (Å²) in [5, 5.41) is 2.78. The Morgan fingerprint density at radius 1 is 1.11 bits per heavy atom. The van der Waals surface area contributed by atoms with Crippen molar-refractivity contribution in [1.82, 2.24) is 13.9 Å². The molecular formula is C19H22N4O3S. The Balaban J connectivity index is 1.74. The highest BCUT2D eigenvalue weighted by atomic mass is 32.2. The lowest BCUT2D eigenvalue weighted by atomic mass is 10.1. The van der Waals surface area contributed by atoms with Crippen molar-refractivity contribution in [3.63, 3.8) is 0 Å². The molecule has 1 N–H and O–H groups in total. The number of sulfonamides is 1. The van der Waals surface area contributed by atoms with Crippen molar-refractivity contribution in [3.8, 4) is 0 Å². The average Bonchev–Trinajstić information content (AvgIpc) is 2.97. The van der Waals surface area contributed by atoms with Gasteiger partial charge in [0.2, 0.25) is 15.9 Å². The van der Waals surface area contributed by atoms with Crippen LogP contribution in [0, 0.1) is 13.8 Å². The minimum absolute atomic E-state index is 0.122. The normalized spacial score (nSPS) is 11.9. The van der Waals surface area contributed by atoms with Gasteiger partial charge in [-0.15, -0.1) is 0 Å². The molecule has 8 heteroatoms. The van der Waals surface area contributed by atoms with Crippen LogP contribution in [-0.4, -0.2) is 42.3 Å². The van der Waals surface area contributed by atoms with Gasteiger partial charge in [-0.25, -0.2) is 17.7 Å². The van der Waals surface area contributed by atoms with Gasteiger partial charge in [-0.3, -0.25) is 4.79 Å². The highest BCUT2D eigenvalue weighted by Crippen LogP contribution is 2.19. The quantitative estimate of drug-likeness (QED) is 0.730. The molecule has 0 unspecified atom stereocenters. The molecule has 0 aliphatic heterocycles. The Labute approximate surface area is 158 Å². The second-order valence-electron chi connectivity index (χ2n) is 6.66. The molecule has 0 bridgehead atoms. The van der Waals surface area contributed by atoms with E-state index in [1.807, 2.05) is 26.0 Å². The summed E-state index contributed by atoms with van der Waals surface area (Å²) in [5.74, 6) is -0.212. The van der Waals surface area contributed by atoms with Crippen LogP contribution in [0.1, 0.15) is 11.1 Å². The number of carbonyl (C=O) groups is 1. The lowest BCUT2D eigenvalue weighted by Crippen LogP contribution is -2.22. The molecule has 1 heterocycles. The first kappa shape index (κ1) is 19.1. The maximum atomic E-state index is 12.4. The molecule has 0 saturated carbocycles. The first-order valence-electron chi connectivity index (χ1n) is 8.43. The van der Waals surface area contributed by atoms with Crippen LogP contribution in [0.25, 0.3) is 11.0 Å². The minimum Gasteiger partial charge on any atom is -0.325 e. The van der Waals surface area contributed by atoms with E-state index in [0.29, 0.717) is 5.69 Å². The molecular weight excluding hydrogens is 364 g/mol. The fourth-order valence-corrected chi connectivity index (χ4v) is 3.62. The van der Waals surface area contributed by atoms with E-state index >= 15 is 0 Å². The number of rotatable bonds is 5. The fraction of sp³-hybridized carbons (Fsp3) is 0.263. The summed E-state index contributed by atoms with van der Waals surface area (Å²) in [6.07, 6.45) is 1.65. The van der Waals surface area contributed by atoms with Crippen LogP contribution in [0.2, 0.25) is 0 Å². The third-order valence-electron chi connectivity index (χ3n) is 4.47. The number of nitrogens with zero attached hydrogens (tertiary/aromatic N) is 3. The number of anilines is 1. The first-order chi connectivity index (χ1) is 12.7. The second kappa shape index (κ2) is 7.13. The summed E-state index contributed by atoms with van der Waals surface area (Å²) in [5.41, 5.74) is 4.59. The van der Waals surface area contributed by atoms with Gasteiger partial charge in [-0.1, -0.05) is 0 Å². The molecule has 3 aromatic rings. The van der Waals surface area contributed by atoms with Crippen LogP contribution in [0.3, 0.4) is 0 Å². The molecule has 1 aromatic heterocycles. The zero-order valence-electron chi connectivity index (χ0n) is 15.7. The van der Waals surface area contributed by atoms with Crippen LogP contribution in [0.15, 0.2) is 47.6 Å². The number of imidazole rings is 1. The lowest BCUT2D eigenvalue weighted by molar-refractivity contribution is -0.116. The number of fused-ring (bicyclic) bond motifs is 1. The largest absolute Gasteiger partial charge is 0.325 e. The Kier molecular flexibility index (Phi) is 5.03. The summed E-state index contributed by atoms with van der Waals surface area (Å²) >= 11 is 0. The second-order valence-corrected chi connectivity index (χ2v) is 8.81. The molecule has 7 nitrogen and oxygen atoms in total. The maximum Gasteiger partial charge on any atom is 0.244 e. The zero-order chi connectivity index (χ0) is 19.8. The summed E-state index contributed by atoms with van der Waals surface area (Å²) < 4.78 is 27.1. The zero-order valence-corrected chi connectivity index (χ0v) is 16.5. The average molecular weight is 386 g/mol. The molecule has 0 saturated heterocycles. The summed E-state index contributed by atoms with van der Waals surface area (Å²) in [4.78, 5) is 16.9. The number of carbonyl (C=O) groups excluding carboxylic acids is 1. The van der Waals surface area contributed by atoms with Crippen LogP contribution in [0.4, 0.5) is 5.69 Å². The molecule has 0 radical (unpaired) electrons. The Hall–Kier alpha value is -2.71. The van der Waals surface area contributed by atoms with Gasteiger partial charge in [-0.05, 0) is 61.4 Å². The van der Waals surface area contributed by atoms with Gasteiger partial charge in [0.05, 0.1) is 22.3 Å². The minimum atomic E-state index is -3.49. The predicted molar refractivity (Wildman–Crippen MR) is 105 cm³/mol. The van der Waals surface area contributed by atoms with Gasteiger partial charge < -0.3 is 9.88 Å². The third-order valence-corrected chi connectivity index (χ3v) is 6.30. The number of amides is 1. The molecule has 0 spiro atoms. The smallest absolute Gasteiger partial charge is 0.244 e. The highest BCUT2D eigenvalue weighted by Gasteiger charge is 2.17. The number of aryl methyl sites for hydroxylation is 2. The van der Waals surface area contributed by atoms with E-state index in [-0.39, 0.29) is 17.3 Å². The van der Waals surface area contributed by atoms with Gasteiger partial charge in [0.1, 0.15) is 6.54 Å². The van der Waals surface area contributed by atoms with Crippen molar-refractivity contribution in [3.05, 3.63) is 53.9 Å². The van der Waals surface area contributed by atoms with E-state index in [0.717, 1.165) is 26.5 Å². The van der Waals surface area contributed by atoms with Crippen LogP contribution in [0.5, 0.6) is 0 Å². The van der Waals surface area contributed by atoms with E-state index in [1.165, 1.54) is 26.2 Å². The maximum absolute atomic E-state index is 12.4.